The van der Waals surface area contributed by atoms with Crippen LogP contribution >= 0.6 is 0 Å². The summed E-state index contributed by atoms with van der Waals surface area (Å²) < 4.78 is 11.2. The lowest BCUT2D eigenvalue weighted by Gasteiger charge is -2.15. The lowest BCUT2D eigenvalue weighted by atomic mass is 10.2. The number of benzene rings is 1. The van der Waals surface area contributed by atoms with Gasteiger partial charge in [0.2, 0.25) is 11.8 Å². The maximum Gasteiger partial charge on any atom is 0.278 e. The Labute approximate surface area is 212 Å². The Hall–Kier alpha value is -4.51. The molecule has 1 N–H and O–H groups in total. The minimum Gasteiger partial charge on any atom is -0.473 e. The van der Waals surface area contributed by atoms with Gasteiger partial charge in [-0.05, 0) is 37.7 Å². The van der Waals surface area contributed by atoms with Gasteiger partial charge >= 0.3 is 0 Å². The Balaban J connectivity index is 1.40. The summed E-state index contributed by atoms with van der Waals surface area (Å²) in [6.45, 7) is 5.95. The standard InChI is InChI=1S/C26H27N9O2/c1-4-11-34-25(36)20-15-27-26(29-18-8-9-21-17(13-18)14-28-33(21)3)31-24(20)35(34)22-6-5-7-23(30-22)37-19-10-12-32(2)16-19/h4-9,13-15,19H,1,10-12,16H2,2-3H3,(H,27,29,31)/t19-/m1/s1. The van der Waals surface area contributed by atoms with E-state index in [9.17, 15) is 4.79 Å². The molecule has 5 aromatic rings. The van der Waals surface area contributed by atoms with Gasteiger partial charge in [0.05, 0.1) is 18.3 Å². The van der Waals surface area contributed by atoms with Crippen LogP contribution < -0.4 is 15.6 Å². The highest BCUT2D eigenvalue weighted by Crippen LogP contribution is 2.23. The van der Waals surface area contributed by atoms with Gasteiger partial charge in [-0.2, -0.15) is 15.1 Å². The topological polar surface area (TPSA) is 108 Å². The average Bonchev–Trinajstić information content (AvgIpc) is 3.55. The van der Waals surface area contributed by atoms with E-state index in [4.69, 9.17) is 14.7 Å². The van der Waals surface area contributed by atoms with Gasteiger partial charge in [0.15, 0.2) is 11.5 Å². The number of aryl methyl sites for hydroxylation is 1. The number of fused-ring (bicyclic) bond motifs is 2. The molecule has 1 aromatic carbocycles. The lowest BCUT2D eigenvalue weighted by molar-refractivity contribution is 0.200. The number of hydrogen-bond donors (Lipinski definition) is 1. The SMILES string of the molecule is C=CCn1c(=O)c2cnc(Nc3ccc4c(cnn4C)c3)nc2n1-c1cccc(O[C@@H]2CCN(C)C2)n1. The van der Waals surface area contributed by atoms with E-state index in [1.807, 2.05) is 54.3 Å². The van der Waals surface area contributed by atoms with Crippen molar-refractivity contribution in [1.82, 2.24) is 39.0 Å². The van der Waals surface area contributed by atoms with Crippen LogP contribution in [0.2, 0.25) is 0 Å². The number of likely N-dealkylation sites (tertiary alicyclic amines) is 1. The molecule has 0 bridgehead atoms. The van der Waals surface area contributed by atoms with Crippen LogP contribution in [-0.2, 0) is 13.6 Å². The van der Waals surface area contributed by atoms with Crippen molar-refractivity contribution in [2.75, 3.05) is 25.5 Å². The van der Waals surface area contributed by atoms with Crippen LogP contribution in [0, 0.1) is 0 Å². The summed E-state index contributed by atoms with van der Waals surface area (Å²) in [5, 5.41) is 8.93. The molecular weight excluding hydrogens is 470 g/mol. The number of anilines is 2. The first-order chi connectivity index (χ1) is 18.0. The maximum atomic E-state index is 13.3. The van der Waals surface area contributed by atoms with Gasteiger partial charge in [0.25, 0.3) is 5.56 Å². The molecule has 37 heavy (non-hydrogen) atoms. The van der Waals surface area contributed by atoms with Gasteiger partial charge in [0.1, 0.15) is 11.5 Å². The molecule has 4 aromatic heterocycles. The minimum absolute atomic E-state index is 0.0832. The number of aromatic nitrogens is 7. The molecular formula is C26H27N9O2. The summed E-state index contributed by atoms with van der Waals surface area (Å²) >= 11 is 0. The Bertz CT molecular complexity index is 1680. The monoisotopic (exact) mass is 497 g/mol. The van der Waals surface area contributed by atoms with E-state index in [1.165, 1.54) is 0 Å². The van der Waals surface area contributed by atoms with Crippen molar-refractivity contribution in [3.8, 4) is 11.7 Å². The molecule has 6 rings (SSSR count). The highest BCUT2D eigenvalue weighted by atomic mass is 16.5. The van der Waals surface area contributed by atoms with Crippen molar-refractivity contribution < 1.29 is 4.74 Å². The maximum absolute atomic E-state index is 13.3. The molecule has 11 heteroatoms. The molecule has 5 heterocycles. The van der Waals surface area contributed by atoms with Crippen molar-refractivity contribution in [2.24, 2.45) is 7.05 Å². The van der Waals surface area contributed by atoms with Gasteiger partial charge in [0, 0.05) is 43.5 Å². The van der Waals surface area contributed by atoms with Crippen LogP contribution in [0.5, 0.6) is 5.88 Å². The molecule has 0 spiro atoms. The summed E-state index contributed by atoms with van der Waals surface area (Å²) in [5.74, 6) is 1.40. The quantitative estimate of drug-likeness (QED) is 0.342. The third-order valence-corrected chi connectivity index (χ3v) is 6.54. The van der Waals surface area contributed by atoms with E-state index in [-0.39, 0.29) is 18.2 Å². The van der Waals surface area contributed by atoms with Crippen LogP contribution in [0.4, 0.5) is 11.6 Å². The van der Waals surface area contributed by atoms with Crippen LogP contribution in [-0.4, -0.2) is 65.2 Å². The molecule has 1 saturated heterocycles. The number of likely N-dealkylation sites (N-methyl/N-ethyl adjacent to an activating group) is 1. The third kappa shape index (κ3) is 4.23. The second-order valence-electron chi connectivity index (χ2n) is 9.21. The number of rotatable bonds is 7. The first kappa shape index (κ1) is 22.9. The average molecular weight is 498 g/mol. The Morgan fingerprint density at radius 2 is 2.08 bits per heavy atom. The molecule has 1 aliphatic heterocycles. The molecule has 188 valence electrons. The van der Waals surface area contributed by atoms with Crippen molar-refractivity contribution in [3.63, 3.8) is 0 Å². The molecule has 11 nitrogen and oxygen atoms in total. The van der Waals surface area contributed by atoms with Gasteiger partial charge in [-0.3, -0.25) is 9.48 Å². The fraction of sp³-hybridized carbons (Fsp3) is 0.269. The van der Waals surface area contributed by atoms with Crippen LogP contribution in [0.15, 0.2) is 66.2 Å². The zero-order valence-corrected chi connectivity index (χ0v) is 20.7. The molecule has 0 unspecified atom stereocenters. The first-order valence-electron chi connectivity index (χ1n) is 12.1. The van der Waals surface area contributed by atoms with E-state index in [2.05, 4.69) is 33.9 Å². The smallest absolute Gasteiger partial charge is 0.278 e. The van der Waals surface area contributed by atoms with Crippen molar-refractivity contribution >= 4 is 33.6 Å². The minimum atomic E-state index is -0.219. The summed E-state index contributed by atoms with van der Waals surface area (Å²) in [6.07, 6.45) is 6.05. The fourth-order valence-electron chi connectivity index (χ4n) is 4.73. The van der Waals surface area contributed by atoms with Crippen LogP contribution in [0.25, 0.3) is 27.8 Å². The molecule has 0 saturated carbocycles. The van der Waals surface area contributed by atoms with E-state index in [1.54, 1.807) is 21.6 Å². The largest absolute Gasteiger partial charge is 0.473 e. The molecule has 0 aliphatic carbocycles. The fourth-order valence-corrected chi connectivity index (χ4v) is 4.73. The van der Waals surface area contributed by atoms with E-state index in [0.717, 1.165) is 36.1 Å². The normalized spacial score (nSPS) is 16.0. The first-order valence-corrected chi connectivity index (χ1v) is 12.1. The van der Waals surface area contributed by atoms with Gasteiger partial charge in [-0.25, -0.2) is 14.3 Å². The molecule has 1 atom stereocenters. The zero-order chi connectivity index (χ0) is 25.5. The van der Waals surface area contributed by atoms with Crippen LogP contribution in [0.3, 0.4) is 0 Å². The van der Waals surface area contributed by atoms with E-state index < -0.39 is 0 Å². The molecule has 1 aliphatic rings. The van der Waals surface area contributed by atoms with E-state index >= 15 is 0 Å². The van der Waals surface area contributed by atoms with E-state index in [0.29, 0.717) is 28.7 Å². The zero-order valence-electron chi connectivity index (χ0n) is 20.7. The number of nitrogens with one attached hydrogen (secondary N) is 1. The number of nitrogens with zero attached hydrogens (tertiary/aromatic N) is 8. The van der Waals surface area contributed by atoms with Gasteiger partial charge in [-0.15, -0.1) is 6.58 Å². The van der Waals surface area contributed by atoms with Gasteiger partial charge in [-0.1, -0.05) is 12.1 Å². The Kier molecular flexibility index (Phi) is 5.68. The second kappa shape index (κ2) is 9.17. The summed E-state index contributed by atoms with van der Waals surface area (Å²) in [7, 11) is 3.98. The number of hydrogen-bond acceptors (Lipinski definition) is 8. The highest BCUT2D eigenvalue weighted by Gasteiger charge is 2.22. The second-order valence-corrected chi connectivity index (χ2v) is 9.21. The predicted octanol–water partition coefficient (Wildman–Crippen LogP) is 2.88. The summed E-state index contributed by atoms with van der Waals surface area (Å²) in [4.78, 5) is 29.3. The Morgan fingerprint density at radius 1 is 1.19 bits per heavy atom. The lowest BCUT2D eigenvalue weighted by Crippen LogP contribution is -2.23. The summed E-state index contributed by atoms with van der Waals surface area (Å²) in [6, 6.07) is 11.4. The molecule has 1 fully saturated rings. The van der Waals surface area contributed by atoms with Crippen molar-refractivity contribution in [3.05, 3.63) is 71.8 Å². The third-order valence-electron chi connectivity index (χ3n) is 6.54. The summed E-state index contributed by atoms with van der Waals surface area (Å²) in [5.41, 5.74) is 2.06. The number of pyridine rings is 1. The predicted molar refractivity (Wildman–Crippen MR) is 142 cm³/mol. The molecule has 0 radical (unpaired) electrons. The van der Waals surface area contributed by atoms with Crippen LogP contribution in [0.1, 0.15) is 6.42 Å². The Morgan fingerprint density at radius 3 is 2.89 bits per heavy atom. The number of ether oxygens (including phenoxy) is 1. The van der Waals surface area contributed by atoms with Crippen molar-refractivity contribution in [2.45, 2.75) is 19.1 Å². The molecule has 0 amide bonds. The number of allylic oxidation sites excluding steroid dienone is 1. The van der Waals surface area contributed by atoms with Gasteiger partial charge < -0.3 is 15.0 Å². The van der Waals surface area contributed by atoms with Crippen molar-refractivity contribution in [1.29, 1.82) is 0 Å². The highest BCUT2D eigenvalue weighted by molar-refractivity contribution is 5.83.